The van der Waals surface area contributed by atoms with E-state index in [1.165, 1.54) is 6.07 Å². The standard InChI is InChI=1S/C21H26ClN5O4/c1-12(2)7-14(23)11-29-18-6-5-15(9-16(18)20-17(22)10-24-27(20)4)25-21(28)30-19-8-13(3)31-26-19/h5-6,8-10,12,14H,7,11,23H2,1-4H3,(H,25,28)/t14-/m1/s1. The van der Waals surface area contributed by atoms with Crippen LogP contribution in [0.5, 0.6) is 11.6 Å². The number of benzene rings is 1. The maximum Gasteiger partial charge on any atom is 0.418 e. The number of aromatic nitrogens is 3. The Kier molecular flexibility index (Phi) is 7.19. The maximum absolute atomic E-state index is 12.2. The maximum atomic E-state index is 12.2. The normalized spacial score (nSPS) is 12.1. The summed E-state index contributed by atoms with van der Waals surface area (Å²) < 4.78 is 17.6. The second-order valence-corrected chi connectivity index (χ2v) is 8.07. The number of aryl methyl sites for hydroxylation is 2. The van der Waals surface area contributed by atoms with Crippen LogP contribution in [0.15, 0.2) is 35.0 Å². The number of anilines is 1. The van der Waals surface area contributed by atoms with Crippen molar-refractivity contribution in [3.8, 4) is 22.9 Å². The highest BCUT2D eigenvalue weighted by atomic mass is 35.5. The van der Waals surface area contributed by atoms with Gasteiger partial charge in [0.2, 0.25) is 0 Å². The average molecular weight is 448 g/mol. The molecule has 10 heteroatoms. The van der Waals surface area contributed by atoms with Gasteiger partial charge in [-0.3, -0.25) is 10.00 Å². The van der Waals surface area contributed by atoms with Crippen LogP contribution in [-0.4, -0.2) is 33.7 Å². The van der Waals surface area contributed by atoms with E-state index >= 15 is 0 Å². The molecule has 0 saturated heterocycles. The van der Waals surface area contributed by atoms with E-state index in [-0.39, 0.29) is 11.9 Å². The number of amides is 1. The Labute approximate surface area is 185 Å². The van der Waals surface area contributed by atoms with Gasteiger partial charge < -0.3 is 19.7 Å². The number of halogens is 1. The summed E-state index contributed by atoms with van der Waals surface area (Å²) in [6.45, 7) is 6.27. The second-order valence-electron chi connectivity index (χ2n) is 7.67. The summed E-state index contributed by atoms with van der Waals surface area (Å²) in [5.74, 6) is 1.66. The summed E-state index contributed by atoms with van der Waals surface area (Å²) in [6, 6.07) is 6.59. The van der Waals surface area contributed by atoms with Crippen molar-refractivity contribution in [1.29, 1.82) is 0 Å². The number of ether oxygens (including phenoxy) is 2. The molecule has 1 atom stereocenters. The number of nitrogens with zero attached hydrogens (tertiary/aromatic N) is 3. The van der Waals surface area contributed by atoms with E-state index in [2.05, 4.69) is 29.4 Å². The Bertz CT molecular complexity index is 1030. The van der Waals surface area contributed by atoms with Gasteiger partial charge in [-0.2, -0.15) is 5.10 Å². The van der Waals surface area contributed by atoms with Crippen LogP contribution in [0.25, 0.3) is 11.3 Å². The van der Waals surface area contributed by atoms with Gasteiger partial charge in [0, 0.05) is 30.4 Å². The minimum Gasteiger partial charge on any atom is -0.491 e. The Morgan fingerprint density at radius 2 is 2.13 bits per heavy atom. The van der Waals surface area contributed by atoms with Crippen LogP contribution in [0.4, 0.5) is 10.5 Å². The predicted molar refractivity (Wildman–Crippen MR) is 117 cm³/mol. The van der Waals surface area contributed by atoms with Gasteiger partial charge in [0.15, 0.2) is 0 Å². The number of carbonyl (C=O) groups excluding carboxylic acids is 1. The summed E-state index contributed by atoms with van der Waals surface area (Å²) in [6.07, 6.45) is 1.68. The molecule has 9 nitrogen and oxygen atoms in total. The van der Waals surface area contributed by atoms with Crippen LogP contribution in [0, 0.1) is 12.8 Å². The third-order valence-corrected chi connectivity index (χ3v) is 4.68. The fourth-order valence-corrected chi connectivity index (χ4v) is 3.40. The fraction of sp³-hybridized carbons (Fsp3) is 0.381. The molecule has 0 saturated carbocycles. The minimum absolute atomic E-state index is 0.0731. The Hall–Kier alpha value is -3.04. The molecule has 3 aromatic rings. The van der Waals surface area contributed by atoms with Crippen LogP contribution in [0.2, 0.25) is 5.02 Å². The summed E-state index contributed by atoms with van der Waals surface area (Å²) >= 11 is 6.36. The molecule has 0 bridgehead atoms. The smallest absolute Gasteiger partial charge is 0.418 e. The lowest BCUT2D eigenvalue weighted by molar-refractivity contribution is 0.210. The summed E-state index contributed by atoms with van der Waals surface area (Å²) in [5.41, 5.74) is 7.96. The van der Waals surface area contributed by atoms with Crippen molar-refractivity contribution in [3.05, 3.63) is 41.2 Å². The van der Waals surface area contributed by atoms with Crippen molar-refractivity contribution in [3.63, 3.8) is 0 Å². The van der Waals surface area contributed by atoms with E-state index in [9.17, 15) is 4.79 Å². The average Bonchev–Trinajstić information content (AvgIpc) is 3.24. The zero-order valence-corrected chi connectivity index (χ0v) is 18.6. The Morgan fingerprint density at radius 3 is 2.74 bits per heavy atom. The molecule has 0 aliphatic rings. The molecule has 166 valence electrons. The van der Waals surface area contributed by atoms with Crippen LogP contribution >= 0.6 is 11.6 Å². The van der Waals surface area contributed by atoms with Gasteiger partial charge in [-0.05, 0) is 42.6 Å². The van der Waals surface area contributed by atoms with Gasteiger partial charge in [-0.25, -0.2) is 4.79 Å². The minimum atomic E-state index is -0.706. The summed E-state index contributed by atoms with van der Waals surface area (Å²) in [5, 5.41) is 10.9. The first kappa shape index (κ1) is 22.6. The molecule has 2 heterocycles. The molecular formula is C21H26ClN5O4. The lowest BCUT2D eigenvalue weighted by Crippen LogP contribution is -2.29. The van der Waals surface area contributed by atoms with Crippen molar-refractivity contribution in [2.75, 3.05) is 11.9 Å². The Balaban J connectivity index is 1.82. The van der Waals surface area contributed by atoms with Gasteiger partial charge >= 0.3 is 6.09 Å². The number of nitrogens with one attached hydrogen (secondary N) is 1. The highest BCUT2D eigenvalue weighted by Crippen LogP contribution is 2.36. The molecule has 1 amide bonds. The monoisotopic (exact) mass is 447 g/mol. The predicted octanol–water partition coefficient (Wildman–Crippen LogP) is 4.40. The van der Waals surface area contributed by atoms with Crippen LogP contribution in [0.3, 0.4) is 0 Å². The number of rotatable bonds is 8. The Morgan fingerprint density at radius 1 is 1.35 bits per heavy atom. The van der Waals surface area contributed by atoms with Gasteiger partial charge in [-0.15, -0.1) is 0 Å². The molecule has 1 aromatic carbocycles. The number of hydrogen-bond donors (Lipinski definition) is 2. The number of hydrogen-bond acceptors (Lipinski definition) is 7. The molecule has 0 fully saturated rings. The van der Waals surface area contributed by atoms with Crippen LogP contribution in [0.1, 0.15) is 26.0 Å². The third-order valence-electron chi connectivity index (χ3n) is 4.41. The first-order chi connectivity index (χ1) is 14.7. The SMILES string of the molecule is Cc1cc(OC(=O)Nc2ccc(OC[C@H](N)CC(C)C)c(-c3c(Cl)cnn3C)c2)no1. The van der Waals surface area contributed by atoms with E-state index in [0.717, 1.165) is 6.42 Å². The van der Waals surface area contributed by atoms with Gasteiger partial charge in [0.05, 0.1) is 16.9 Å². The van der Waals surface area contributed by atoms with E-state index in [4.69, 9.17) is 31.3 Å². The summed E-state index contributed by atoms with van der Waals surface area (Å²) in [7, 11) is 1.77. The fourth-order valence-electron chi connectivity index (χ4n) is 3.13. The first-order valence-electron chi connectivity index (χ1n) is 9.85. The van der Waals surface area contributed by atoms with Crippen molar-refractivity contribution in [2.45, 2.75) is 33.2 Å². The van der Waals surface area contributed by atoms with Crippen molar-refractivity contribution >= 4 is 23.4 Å². The zero-order valence-electron chi connectivity index (χ0n) is 17.9. The second kappa shape index (κ2) is 9.84. The van der Waals surface area contributed by atoms with E-state index in [1.807, 2.05) is 0 Å². The number of carbonyl (C=O) groups is 1. The molecule has 0 aliphatic heterocycles. The van der Waals surface area contributed by atoms with Gasteiger partial charge in [0.1, 0.15) is 18.1 Å². The molecule has 0 aliphatic carbocycles. The third kappa shape index (κ3) is 5.99. The quantitative estimate of drug-likeness (QED) is 0.525. The molecule has 3 rings (SSSR count). The zero-order chi connectivity index (χ0) is 22.5. The van der Waals surface area contributed by atoms with Crippen LogP contribution < -0.4 is 20.5 Å². The summed E-state index contributed by atoms with van der Waals surface area (Å²) in [4.78, 5) is 12.2. The lowest BCUT2D eigenvalue weighted by Gasteiger charge is -2.18. The van der Waals surface area contributed by atoms with Crippen molar-refractivity contribution in [1.82, 2.24) is 14.9 Å². The van der Waals surface area contributed by atoms with E-state index in [0.29, 0.717) is 46.0 Å². The number of nitrogens with two attached hydrogens (primary N) is 1. The molecular weight excluding hydrogens is 422 g/mol. The highest BCUT2D eigenvalue weighted by Gasteiger charge is 2.18. The molecule has 2 aromatic heterocycles. The molecule has 0 unspecified atom stereocenters. The first-order valence-corrected chi connectivity index (χ1v) is 10.2. The largest absolute Gasteiger partial charge is 0.491 e. The molecule has 0 radical (unpaired) electrons. The topological polar surface area (TPSA) is 117 Å². The molecule has 0 spiro atoms. The van der Waals surface area contributed by atoms with Crippen molar-refractivity contribution < 1.29 is 18.8 Å². The molecule has 31 heavy (non-hydrogen) atoms. The highest BCUT2D eigenvalue weighted by molar-refractivity contribution is 6.33. The van der Waals surface area contributed by atoms with E-state index < -0.39 is 6.09 Å². The van der Waals surface area contributed by atoms with Crippen molar-refractivity contribution in [2.24, 2.45) is 18.7 Å². The van der Waals surface area contributed by atoms with Crippen LogP contribution in [-0.2, 0) is 7.05 Å². The van der Waals surface area contributed by atoms with Gasteiger partial charge in [-0.1, -0.05) is 25.4 Å². The molecule has 3 N–H and O–H groups in total. The van der Waals surface area contributed by atoms with Gasteiger partial charge in [0.25, 0.3) is 5.88 Å². The van der Waals surface area contributed by atoms with E-state index in [1.54, 1.807) is 43.0 Å². The lowest BCUT2D eigenvalue weighted by atomic mass is 10.1.